The van der Waals surface area contributed by atoms with Crippen LogP contribution in [0.4, 0.5) is 21.6 Å². The summed E-state index contributed by atoms with van der Waals surface area (Å²) < 4.78 is 25.5. The van der Waals surface area contributed by atoms with Crippen LogP contribution in [0.5, 0.6) is 5.75 Å². The number of nitrogens with zero attached hydrogens (tertiary/aromatic N) is 3. The molecule has 31 heavy (non-hydrogen) atoms. The predicted molar refractivity (Wildman–Crippen MR) is 113 cm³/mol. The number of aromatic nitrogens is 2. The third kappa shape index (κ3) is 3.83. The molecule has 1 aromatic carbocycles. The number of carbonyl (C=O) groups excluding carboxylic acids is 1. The highest BCUT2D eigenvalue weighted by Gasteiger charge is 2.24. The van der Waals surface area contributed by atoms with E-state index in [1.165, 1.54) is 19.2 Å². The second-order valence-corrected chi connectivity index (χ2v) is 6.90. The highest BCUT2D eigenvalue weighted by molar-refractivity contribution is 5.97. The molecule has 1 saturated heterocycles. The molecule has 0 radical (unpaired) electrons. The number of pyridine rings is 1. The molecule has 0 atom stereocenters. The quantitative estimate of drug-likeness (QED) is 0.577. The molecular weight excluding hydrogens is 403 g/mol. The number of nitrogens with one attached hydrogen (secondary N) is 3. The predicted octanol–water partition coefficient (Wildman–Crippen LogP) is 2.84. The van der Waals surface area contributed by atoms with Crippen molar-refractivity contribution in [3.05, 3.63) is 41.3 Å². The third-order valence-electron chi connectivity index (χ3n) is 5.11. The van der Waals surface area contributed by atoms with Crippen LogP contribution in [0.3, 0.4) is 0 Å². The maximum absolute atomic E-state index is 14.9. The van der Waals surface area contributed by atoms with Crippen molar-refractivity contribution in [1.82, 2.24) is 14.9 Å². The number of benzene rings is 1. The maximum atomic E-state index is 14.9. The van der Waals surface area contributed by atoms with Crippen LogP contribution in [0.15, 0.2) is 24.4 Å². The first-order valence-electron chi connectivity index (χ1n) is 9.67. The average molecular weight is 424 g/mol. The number of fused-ring (bicyclic) bond motifs is 1. The summed E-state index contributed by atoms with van der Waals surface area (Å²) >= 11 is 0. The van der Waals surface area contributed by atoms with Gasteiger partial charge in [0.2, 0.25) is 0 Å². The van der Waals surface area contributed by atoms with Crippen molar-refractivity contribution in [2.75, 3.05) is 51.1 Å². The van der Waals surface area contributed by atoms with Gasteiger partial charge in [-0.3, -0.25) is 4.79 Å². The second-order valence-electron chi connectivity index (χ2n) is 6.90. The van der Waals surface area contributed by atoms with E-state index in [9.17, 15) is 14.4 Å². The number of methoxy groups -OCH3 is 1. The molecule has 160 valence electrons. The molecule has 1 fully saturated rings. The number of ether oxygens (including phenoxy) is 2. The van der Waals surface area contributed by atoms with Gasteiger partial charge in [-0.1, -0.05) is 0 Å². The molecule has 0 saturated carbocycles. The number of nitriles is 1. The number of hydrogen-bond donors (Lipinski definition) is 3. The lowest BCUT2D eigenvalue weighted by atomic mass is 10.1. The lowest BCUT2D eigenvalue weighted by Crippen LogP contribution is -2.41. The monoisotopic (exact) mass is 424 g/mol. The molecule has 1 amide bonds. The second kappa shape index (κ2) is 8.49. The summed E-state index contributed by atoms with van der Waals surface area (Å²) in [6.45, 7) is 1.69. The molecule has 0 aliphatic carbocycles. The van der Waals surface area contributed by atoms with E-state index >= 15 is 0 Å². The molecule has 10 heteroatoms. The van der Waals surface area contributed by atoms with E-state index in [-0.39, 0.29) is 5.56 Å². The molecule has 3 N–H and O–H groups in total. The van der Waals surface area contributed by atoms with Crippen molar-refractivity contribution < 1.29 is 18.7 Å². The minimum absolute atomic E-state index is 0.0633. The van der Waals surface area contributed by atoms with Gasteiger partial charge in [-0.15, -0.1) is 0 Å². The molecule has 3 aromatic rings. The summed E-state index contributed by atoms with van der Waals surface area (Å²) in [4.78, 5) is 21.7. The Bertz CT molecular complexity index is 1180. The van der Waals surface area contributed by atoms with E-state index in [1.807, 2.05) is 0 Å². The minimum atomic E-state index is -0.665. The van der Waals surface area contributed by atoms with Crippen molar-refractivity contribution in [2.45, 2.75) is 0 Å². The Morgan fingerprint density at radius 3 is 2.77 bits per heavy atom. The normalized spacial score (nSPS) is 13.7. The van der Waals surface area contributed by atoms with Gasteiger partial charge in [0.1, 0.15) is 29.1 Å². The number of rotatable bonds is 5. The molecular formula is C21H21FN6O3. The fourth-order valence-corrected chi connectivity index (χ4v) is 3.54. The van der Waals surface area contributed by atoms with Gasteiger partial charge in [-0.05, 0) is 6.07 Å². The van der Waals surface area contributed by atoms with Crippen LogP contribution in [0.25, 0.3) is 11.0 Å². The van der Waals surface area contributed by atoms with Crippen LogP contribution in [-0.4, -0.2) is 61.2 Å². The summed E-state index contributed by atoms with van der Waals surface area (Å²) in [5.41, 5.74) is 1.91. The van der Waals surface area contributed by atoms with Gasteiger partial charge in [0.15, 0.2) is 0 Å². The molecule has 0 unspecified atom stereocenters. The zero-order valence-corrected chi connectivity index (χ0v) is 17.1. The van der Waals surface area contributed by atoms with Crippen LogP contribution in [0, 0.1) is 17.1 Å². The number of halogens is 1. The number of H-pyrrole nitrogens is 1. The zero-order valence-electron chi connectivity index (χ0n) is 17.1. The van der Waals surface area contributed by atoms with Crippen LogP contribution in [-0.2, 0) is 4.74 Å². The van der Waals surface area contributed by atoms with Crippen LogP contribution in [0.1, 0.15) is 15.9 Å². The Morgan fingerprint density at radius 2 is 2.10 bits per heavy atom. The number of aromatic amines is 1. The van der Waals surface area contributed by atoms with Gasteiger partial charge in [-0.25, -0.2) is 9.37 Å². The van der Waals surface area contributed by atoms with Crippen molar-refractivity contribution in [1.29, 1.82) is 5.26 Å². The Morgan fingerprint density at radius 1 is 1.32 bits per heavy atom. The third-order valence-corrected chi connectivity index (χ3v) is 5.11. The maximum Gasteiger partial charge on any atom is 0.257 e. The van der Waals surface area contributed by atoms with Gasteiger partial charge in [0, 0.05) is 44.2 Å². The molecule has 9 nitrogen and oxygen atoms in total. The Hall–Kier alpha value is -3.84. The standard InChI is InChI=1S/C21H21FN6O3/c1-24-16-9-18(27-20-19(16)12(10-23)11-25-20)26-15-8-14(22)13(7-17(15)30-2)21(29)28-3-5-31-6-4-28/h7-9,11H,3-6H2,1-2H3,(H3,24,25,26,27). The Labute approximate surface area is 177 Å². The van der Waals surface area contributed by atoms with E-state index in [0.717, 1.165) is 0 Å². The van der Waals surface area contributed by atoms with Crippen LogP contribution < -0.4 is 15.4 Å². The summed E-state index contributed by atoms with van der Waals surface area (Å²) in [7, 11) is 3.18. The molecule has 1 aliphatic rings. The fourth-order valence-electron chi connectivity index (χ4n) is 3.54. The topological polar surface area (TPSA) is 115 Å². The molecule has 0 spiro atoms. The molecule has 4 rings (SSSR count). The van der Waals surface area contributed by atoms with Crippen LogP contribution in [0.2, 0.25) is 0 Å². The average Bonchev–Trinajstić information content (AvgIpc) is 3.22. The number of carbonyl (C=O) groups is 1. The van der Waals surface area contributed by atoms with Gasteiger partial charge in [0.25, 0.3) is 5.91 Å². The largest absolute Gasteiger partial charge is 0.495 e. The number of hydrogen-bond acceptors (Lipinski definition) is 7. The van der Waals surface area contributed by atoms with E-state index < -0.39 is 11.7 Å². The van der Waals surface area contributed by atoms with E-state index in [4.69, 9.17) is 9.47 Å². The molecule has 1 aliphatic heterocycles. The van der Waals surface area contributed by atoms with Crippen molar-refractivity contribution in [3.63, 3.8) is 0 Å². The first-order chi connectivity index (χ1) is 15.0. The lowest BCUT2D eigenvalue weighted by molar-refractivity contribution is 0.0299. The minimum Gasteiger partial charge on any atom is -0.495 e. The number of morpholine rings is 1. The van der Waals surface area contributed by atoms with E-state index in [1.54, 1.807) is 24.2 Å². The van der Waals surface area contributed by atoms with Gasteiger partial charge in [-0.2, -0.15) is 5.26 Å². The van der Waals surface area contributed by atoms with E-state index in [2.05, 4.69) is 26.7 Å². The highest BCUT2D eigenvalue weighted by Crippen LogP contribution is 2.33. The number of amides is 1. The van der Waals surface area contributed by atoms with Crippen LogP contribution >= 0.6 is 0 Å². The van der Waals surface area contributed by atoms with Crippen molar-refractivity contribution >= 4 is 34.1 Å². The summed E-state index contributed by atoms with van der Waals surface area (Å²) in [5, 5.41) is 16.0. The van der Waals surface area contributed by atoms with E-state index in [0.29, 0.717) is 65.8 Å². The first kappa shape index (κ1) is 20.4. The van der Waals surface area contributed by atoms with Crippen molar-refractivity contribution in [2.24, 2.45) is 0 Å². The number of anilines is 3. The fraction of sp³-hybridized carbons (Fsp3) is 0.286. The van der Waals surface area contributed by atoms with Gasteiger partial charge in [0.05, 0.1) is 42.5 Å². The smallest absolute Gasteiger partial charge is 0.257 e. The first-order valence-corrected chi connectivity index (χ1v) is 9.67. The van der Waals surface area contributed by atoms with Gasteiger partial charge < -0.3 is 30.0 Å². The summed E-state index contributed by atoms with van der Waals surface area (Å²) in [5.74, 6) is -0.359. The highest BCUT2D eigenvalue weighted by atomic mass is 19.1. The molecule has 3 heterocycles. The summed E-state index contributed by atoms with van der Waals surface area (Å²) in [6.07, 6.45) is 1.58. The Balaban J connectivity index is 1.68. The van der Waals surface area contributed by atoms with Crippen molar-refractivity contribution in [3.8, 4) is 11.8 Å². The zero-order chi connectivity index (χ0) is 22.0. The van der Waals surface area contributed by atoms with Gasteiger partial charge >= 0.3 is 0 Å². The SMILES string of the molecule is CNc1cc(Nc2cc(F)c(C(=O)N3CCOCC3)cc2OC)nc2[nH]cc(C#N)c12. The molecule has 2 aromatic heterocycles. The Kier molecular flexibility index (Phi) is 5.60. The lowest BCUT2D eigenvalue weighted by Gasteiger charge is -2.27. The summed E-state index contributed by atoms with van der Waals surface area (Å²) in [6, 6.07) is 6.43. The molecule has 0 bridgehead atoms.